The zero-order valence-electron chi connectivity index (χ0n) is 12.2. The number of likely N-dealkylation sites (tertiary alicyclic amines) is 1. The molecule has 2 heterocycles. The fourth-order valence-electron chi connectivity index (χ4n) is 3.56. The number of nitrogens with zero attached hydrogens (tertiary/aromatic N) is 1. The van der Waals surface area contributed by atoms with Crippen LogP contribution < -0.4 is 5.32 Å². The van der Waals surface area contributed by atoms with Crippen LogP contribution in [0.2, 0.25) is 0 Å². The van der Waals surface area contributed by atoms with Crippen molar-refractivity contribution in [2.45, 2.75) is 51.6 Å². The van der Waals surface area contributed by atoms with Crippen LogP contribution in [0.1, 0.15) is 49.6 Å². The Labute approximate surface area is 121 Å². The van der Waals surface area contributed by atoms with Gasteiger partial charge in [-0.15, -0.1) is 11.3 Å². The van der Waals surface area contributed by atoms with Crippen LogP contribution in [-0.2, 0) is 6.42 Å². The van der Waals surface area contributed by atoms with E-state index in [2.05, 4.69) is 35.5 Å². The zero-order chi connectivity index (χ0) is 13.2. The first-order valence-corrected chi connectivity index (χ1v) is 8.65. The third-order valence-electron chi connectivity index (χ3n) is 4.59. The molecule has 0 aromatic carbocycles. The summed E-state index contributed by atoms with van der Waals surface area (Å²) in [5.41, 5.74) is 1.65. The predicted octanol–water partition coefficient (Wildman–Crippen LogP) is 3.45. The Bertz CT molecular complexity index is 413. The van der Waals surface area contributed by atoms with Crippen molar-refractivity contribution in [3.63, 3.8) is 0 Å². The lowest BCUT2D eigenvalue weighted by atomic mass is 9.93. The van der Waals surface area contributed by atoms with E-state index in [1.165, 1.54) is 45.3 Å². The van der Waals surface area contributed by atoms with Gasteiger partial charge in [-0.1, -0.05) is 13.8 Å². The molecule has 1 saturated heterocycles. The summed E-state index contributed by atoms with van der Waals surface area (Å²) in [7, 11) is 0. The van der Waals surface area contributed by atoms with E-state index in [-0.39, 0.29) is 0 Å². The van der Waals surface area contributed by atoms with E-state index < -0.39 is 0 Å². The molecule has 0 saturated carbocycles. The van der Waals surface area contributed by atoms with E-state index in [1.807, 2.05) is 11.3 Å². The van der Waals surface area contributed by atoms with Crippen LogP contribution in [0.5, 0.6) is 0 Å². The van der Waals surface area contributed by atoms with E-state index in [0.29, 0.717) is 6.04 Å². The van der Waals surface area contributed by atoms with Crippen LogP contribution in [0.25, 0.3) is 0 Å². The van der Waals surface area contributed by atoms with E-state index in [4.69, 9.17) is 0 Å². The summed E-state index contributed by atoms with van der Waals surface area (Å²) in [5.74, 6) is 0.853. The van der Waals surface area contributed by atoms with Gasteiger partial charge in [-0.2, -0.15) is 0 Å². The summed E-state index contributed by atoms with van der Waals surface area (Å²) in [6.45, 7) is 8.26. The maximum absolute atomic E-state index is 3.60. The largest absolute Gasteiger partial charge is 0.314 e. The molecule has 2 aliphatic rings. The minimum Gasteiger partial charge on any atom is -0.314 e. The number of nitrogens with one attached hydrogen (secondary N) is 1. The highest BCUT2D eigenvalue weighted by molar-refractivity contribution is 7.10. The summed E-state index contributed by atoms with van der Waals surface area (Å²) in [4.78, 5) is 4.40. The molecule has 0 amide bonds. The maximum atomic E-state index is 3.60. The Morgan fingerprint density at radius 2 is 2.32 bits per heavy atom. The van der Waals surface area contributed by atoms with Crippen molar-refractivity contribution in [1.82, 2.24) is 10.2 Å². The second-order valence-electron chi connectivity index (χ2n) is 6.42. The zero-order valence-corrected chi connectivity index (χ0v) is 13.0. The number of thiophene rings is 1. The lowest BCUT2D eigenvalue weighted by Gasteiger charge is -2.31. The van der Waals surface area contributed by atoms with Crippen LogP contribution in [-0.4, -0.2) is 30.6 Å². The highest BCUT2D eigenvalue weighted by Gasteiger charge is 2.31. The lowest BCUT2D eigenvalue weighted by Crippen LogP contribution is -2.32. The molecule has 1 aliphatic heterocycles. The second kappa shape index (κ2) is 5.94. The standard InChI is InChI=1S/C16H26N2S/c1-12(2)17-10-13-6-8-18(11-13)15-4-3-5-16-14(15)7-9-19-16/h7,9,12-13,15,17H,3-6,8,10-11H2,1-2H3. The smallest absolute Gasteiger partial charge is 0.0359 e. The minimum atomic E-state index is 0.618. The molecule has 106 valence electrons. The Morgan fingerprint density at radius 1 is 1.42 bits per heavy atom. The fourth-order valence-corrected chi connectivity index (χ4v) is 4.54. The van der Waals surface area contributed by atoms with E-state index in [1.54, 1.807) is 10.4 Å². The van der Waals surface area contributed by atoms with Gasteiger partial charge in [-0.05, 0) is 61.7 Å². The quantitative estimate of drug-likeness (QED) is 0.907. The number of aryl methyl sites for hydroxylation is 1. The molecule has 1 aromatic rings. The summed E-state index contributed by atoms with van der Waals surface area (Å²) >= 11 is 1.96. The van der Waals surface area contributed by atoms with Gasteiger partial charge in [0.25, 0.3) is 0 Å². The highest BCUT2D eigenvalue weighted by Crippen LogP contribution is 2.39. The number of rotatable bonds is 4. The van der Waals surface area contributed by atoms with E-state index in [0.717, 1.165) is 12.0 Å². The van der Waals surface area contributed by atoms with Gasteiger partial charge in [-0.3, -0.25) is 4.90 Å². The van der Waals surface area contributed by atoms with Crippen LogP contribution in [0.15, 0.2) is 11.4 Å². The number of hydrogen-bond acceptors (Lipinski definition) is 3. The van der Waals surface area contributed by atoms with Crippen molar-refractivity contribution >= 4 is 11.3 Å². The summed E-state index contributed by atoms with van der Waals surface area (Å²) < 4.78 is 0. The molecule has 1 fully saturated rings. The van der Waals surface area contributed by atoms with Gasteiger partial charge in [0, 0.05) is 23.5 Å². The Morgan fingerprint density at radius 3 is 3.16 bits per heavy atom. The van der Waals surface area contributed by atoms with Crippen molar-refractivity contribution in [3.8, 4) is 0 Å². The van der Waals surface area contributed by atoms with Crippen molar-refractivity contribution in [1.29, 1.82) is 0 Å². The molecule has 2 atom stereocenters. The molecule has 1 aromatic heterocycles. The molecule has 1 N–H and O–H groups in total. The predicted molar refractivity (Wildman–Crippen MR) is 82.8 cm³/mol. The molecule has 19 heavy (non-hydrogen) atoms. The molecular formula is C16H26N2S. The Kier molecular flexibility index (Phi) is 4.25. The Hall–Kier alpha value is -0.380. The van der Waals surface area contributed by atoms with Gasteiger partial charge in [0.15, 0.2) is 0 Å². The molecular weight excluding hydrogens is 252 g/mol. The molecule has 2 nitrogen and oxygen atoms in total. The average molecular weight is 278 g/mol. The first kappa shape index (κ1) is 13.6. The normalized spacial score (nSPS) is 27.9. The monoisotopic (exact) mass is 278 g/mol. The van der Waals surface area contributed by atoms with Crippen LogP contribution >= 0.6 is 11.3 Å². The summed E-state index contributed by atoms with van der Waals surface area (Å²) in [5, 5.41) is 5.89. The SMILES string of the molecule is CC(C)NCC1CCN(C2CCCc3sccc32)C1. The van der Waals surface area contributed by atoms with Gasteiger partial charge in [0.05, 0.1) is 0 Å². The average Bonchev–Trinajstić information content (AvgIpc) is 3.04. The number of fused-ring (bicyclic) bond motifs is 1. The van der Waals surface area contributed by atoms with Crippen LogP contribution in [0.4, 0.5) is 0 Å². The topological polar surface area (TPSA) is 15.3 Å². The van der Waals surface area contributed by atoms with Gasteiger partial charge in [0.2, 0.25) is 0 Å². The summed E-state index contributed by atoms with van der Waals surface area (Å²) in [6, 6.07) is 3.72. The van der Waals surface area contributed by atoms with Crippen LogP contribution in [0.3, 0.4) is 0 Å². The molecule has 0 radical (unpaired) electrons. The molecule has 3 heteroatoms. The van der Waals surface area contributed by atoms with E-state index in [9.17, 15) is 0 Å². The van der Waals surface area contributed by atoms with Crippen molar-refractivity contribution in [3.05, 3.63) is 21.9 Å². The van der Waals surface area contributed by atoms with Crippen molar-refractivity contribution in [2.24, 2.45) is 5.92 Å². The third kappa shape index (κ3) is 3.04. The summed E-state index contributed by atoms with van der Waals surface area (Å²) in [6.07, 6.45) is 5.43. The van der Waals surface area contributed by atoms with Crippen LogP contribution in [0, 0.1) is 5.92 Å². The maximum Gasteiger partial charge on any atom is 0.0359 e. The van der Waals surface area contributed by atoms with E-state index >= 15 is 0 Å². The van der Waals surface area contributed by atoms with Gasteiger partial charge in [-0.25, -0.2) is 0 Å². The second-order valence-corrected chi connectivity index (χ2v) is 7.42. The fraction of sp³-hybridized carbons (Fsp3) is 0.750. The lowest BCUT2D eigenvalue weighted by molar-refractivity contribution is 0.214. The third-order valence-corrected chi connectivity index (χ3v) is 5.59. The van der Waals surface area contributed by atoms with Gasteiger partial charge >= 0.3 is 0 Å². The van der Waals surface area contributed by atoms with Gasteiger partial charge < -0.3 is 5.32 Å². The Balaban J connectivity index is 1.60. The molecule has 1 aliphatic carbocycles. The highest BCUT2D eigenvalue weighted by atomic mass is 32.1. The molecule has 3 rings (SSSR count). The van der Waals surface area contributed by atoms with Crippen molar-refractivity contribution in [2.75, 3.05) is 19.6 Å². The minimum absolute atomic E-state index is 0.618. The number of hydrogen-bond donors (Lipinski definition) is 1. The first-order valence-electron chi connectivity index (χ1n) is 7.77. The molecule has 2 unspecified atom stereocenters. The van der Waals surface area contributed by atoms with Gasteiger partial charge in [0.1, 0.15) is 0 Å². The first-order chi connectivity index (χ1) is 9.24. The van der Waals surface area contributed by atoms with Crippen molar-refractivity contribution < 1.29 is 0 Å². The molecule has 0 bridgehead atoms. The molecule has 0 spiro atoms.